The van der Waals surface area contributed by atoms with Crippen molar-refractivity contribution in [1.29, 1.82) is 0 Å². The fourth-order valence-electron chi connectivity index (χ4n) is 7.18. The number of primary amides is 1. The Hall–Kier alpha value is -3.21. The summed E-state index contributed by atoms with van der Waals surface area (Å²) in [6.45, 7) is 14.0. The standard InChI is InChI=1S/C34H49N3O7/c1-32(2,3)11-9-10-17-12-19(15-36-16-33(4,5)6)20-13-18-14-21-25(37(7)8)28(40)24(31(35)43)30(42)34(21,44)29(41)22(18)27(39)23(20)26(17)38/h12,18,21,25,36,38-39,42,44H,9-11,13-16H2,1-8H3,(H2,35,43)/t18-,21-,25-,34-/m0/s1. The number of aryl methyl sites for hydroxylation is 1. The molecule has 1 aromatic rings. The van der Waals surface area contributed by atoms with Crippen molar-refractivity contribution < 1.29 is 34.8 Å². The smallest absolute Gasteiger partial charge is 0.255 e. The number of phenolic OH excluding ortho intramolecular Hbond substituents is 1. The number of nitrogens with one attached hydrogen (secondary N) is 1. The van der Waals surface area contributed by atoms with E-state index in [1.165, 1.54) is 4.90 Å². The van der Waals surface area contributed by atoms with E-state index in [2.05, 4.69) is 46.9 Å². The Balaban J connectivity index is 1.88. The number of Topliss-reactive ketones (excluding diaryl/α,β-unsaturated/α-hetero) is 2. The normalized spacial score (nSPS) is 25.7. The molecule has 7 N–H and O–H groups in total. The Kier molecular flexibility index (Phi) is 8.89. The van der Waals surface area contributed by atoms with Crippen molar-refractivity contribution in [2.45, 2.75) is 91.8 Å². The second-order valence-electron chi connectivity index (χ2n) is 15.4. The molecule has 0 spiro atoms. The van der Waals surface area contributed by atoms with Gasteiger partial charge in [-0.15, -0.1) is 0 Å². The van der Waals surface area contributed by atoms with E-state index in [1.54, 1.807) is 14.1 Å². The van der Waals surface area contributed by atoms with Crippen LogP contribution >= 0.6 is 0 Å². The molecule has 1 fully saturated rings. The molecule has 0 heterocycles. The van der Waals surface area contributed by atoms with Crippen molar-refractivity contribution >= 4 is 23.2 Å². The highest BCUT2D eigenvalue weighted by molar-refractivity contribution is 6.24. The minimum atomic E-state index is -2.65. The predicted octanol–water partition coefficient (Wildman–Crippen LogP) is 3.47. The van der Waals surface area contributed by atoms with Crippen LogP contribution in [0.25, 0.3) is 5.76 Å². The minimum absolute atomic E-state index is 0.0238. The van der Waals surface area contributed by atoms with Crippen LogP contribution in [0.1, 0.15) is 83.1 Å². The molecule has 242 valence electrons. The first kappa shape index (κ1) is 33.7. The molecule has 0 aromatic heterocycles. The lowest BCUT2D eigenvalue weighted by molar-refractivity contribution is -0.153. The van der Waals surface area contributed by atoms with E-state index < -0.39 is 58.0 Å². The molecule has 0 radical (unpaired) electrons. The van der Waals surface area contributed by atoms with Gasteiger partial charge in [-0.05, 0) is 79.6 Å². The topological polar surface area (TPSA) is 173 Å². The Bertz CT molecular complexity index is 1440. The second-order valence-corrected chi connectivity index (χ2v) is 15.4. The number of benzene rings is 1. The SMILES string of the molecule is CN(C)[C@@H]1C(=O)C(C(N)=O)=C(O)[C@@]2(O)C(=O)C3=C(O)c4c(O)c(CCCC(C)(C)C)cc(CNCC(C)(C)C)c4C[C@H]3C[C@@H]12. The summed E-state index contributed by atoms with van der Waals surface area (Å²) < 4.78 is 0. The average molecular weight is 612 g/mol. The molecule has 0 saturated heterocycles. The van der Waals surface area contributed by atoms with Crippen LogP contribution in [0, 0.1) is 22.7 Å². The number of rotatable bonds is 8. The zero-order valence-corrected chi connectivity index (χ0v) is 27.3. The maximum absolute atomic E-state index is 14.2. The monoisotopic (exact) mass is 611 g/mol. The number of fused-ring (bicyclic) bond motifs is 3. The van der Waals surface area contributed by atoms with E-state index in [1.807, 2.05) is 6.07 Å². The quantitative estimate of drug-likeness (QED) is 0.241. The van der Waals surface area contributed by atoms with E-state index in [9.17, 15) is 34.8 Å². The molecule has 4 atom stereocenters. The van der Waals surface area contributed by atoms with Crippen molar-refractivity contribution in [2.24, 2.45) is 28.4 Å². The molecule has 10 nitrogen and oxygen atoms in total. The molecule has 1 saturated carbocycles. The number of phenols is 1. The van der Waals surface area contributed by atoms with Crippen molar-refractivity contribution in [3.05, 3.63) is 45.2 Å². The lowest BCUT2D eigenvalue weighted by atomic mass is 9.57. The number of likely N-dealkylation sites (N-methyl/N-ethyl adjacent to an activating group) is 1. The van der Waals surface area contributed by atoms with Gasteiger partial charge in [0.2, 0.25) is 5.78 Å². The molecule has 3 aliphatic carbocycles. The Morgan fingerprint density at radius 2 is 1.70 bits per heavy atom. The molecular weight excluding hydrogens is 562 g/mol. The summed E-state index contributed by atoms with van der Waals surface area (Å²) >= 11 is 0. The van der Waals surface area contributed by atoms with Gasteiger partial charge in [0.1, 0.15) is 22.8 Å². The lowest BCUT2D eigenvalue weighted by Crippen LogP contribution is -2.65. The molecule has 10 heteroatoms. The number of ketones is 2. The fraction of sp³-hybridized carbons (Fsp3) is 0.618. The first-order valence-electron chi connectivity index (χ1n) is 15.4. The zero-order chi connectivity index (χ0) is 33.1. The van der Waals surface area contributed by atoms with Crippen LogP contribution in [0.3, 0.4) is 0 Å². The minimum Gasteiger partial charge on any atom is -0.508 e. The maximum atomic E-state index is 14.2. The van der Waals surface area contributed by atoms with Crippen LogP contribution in [0.2, 0.25) is 0 Å². The van der Waals surface area contributed by atoms with Gasteiger partial charge in [-0.1, -0.05) is 47.6 Å². The van der Waals surface area contributed by atoms with Gasteiger partial charge in [-0.2, -0.15) is 0 Å². The van der Waals surface area contributed by atoms with E-state index in [4.69, 9.17) is 5.73 Å². The van der Waals surface area contributed by atoms with E-state index in [0.717, 1.165) is 24.9 Å². The number of nitrogens with zero attached hydrogens (tertiary/aromatic N) is 1. The van der Waals surface area contributed by atoms with E-state index in [0.29, 0.717) is 24.1 Å². The van der Waals surface area contributed by atoms with E-state index in [-0.39, 0.29) is 40.6 Å². The number of nitrogens with two attached hydrogens (primary N) is 1. The van der Waals surface area contributed by atoms with Gasteiger partial charge in [0, 0.05) is 24.6 Å². The van der Waals surface area contributed by atoms with E-state index >= 15 is 0 Å². The fourth-order valence-corrected chi connectivity index (χ4v) is 7.18. The molecule has 44 heavy (non-hydrogen) atoms. The van der Waals surface area contributed by atoms with Gasteiger partial charge in [-0.3, -0.25) is 19.3 Å². The highest BCUT2D eigenvalue weighted by Gasteiger charge is 2.64. The maximum Gasteiger partial charge on any atom is 0.255 e. The van der Waals surface area contributed by atoms with Gasteiger partial charge in [-0.25, -0.2) is 0 Å². The average Bonchev–Trinajstić information content (AvgIpc) is 2.86. The summed E-state index contributed by atoms with van der Waals surface area (Å²) in [6.07, 6.45) is 2.63. The molecule has 1 amide bonds. The van der Waals surface area contributed by atoms with Crippen molar-refractivity contribution in [3.8, 4) is 5.75 Å². The highest BCUT2D eigenvalue weighted by atomic mass is 16.3. The summed E-state index contributed by atoms with van der Waals surface area (Å²) in [4.78, 5) is 41.3. The molecule has 4 rings (SSSR count). The van der Waals surface area contributed by atoms with Crippen LogP contribution in [-0.4, -0.2) is 75.1 Å². The number of hydrogen-bond donors (Lipinski definition) is 6. The highest BCUT2D eigenvalue weighted by Crippen LogP contribution is 2.53. The summed E-state index contributed by atoms with van der Waals surface area (Å²) in [7, 11) is 3.18. The number of aliphatic hydroxyl groups is 3. The number of carbonyl (C=O) groups is 3. The van der Waals surface area contributed by atoms with Crippen molar-refractivity contribution in [2.75, 3.05) is 20.6 Å². The van der Waals surface area contributed by atoms with Gasteiger partial charge in [0.15, 0.2) is 11.4 Å². The van der Waals surface area contributed by atoms with Crippen LogP contribution in [0.5, 0.6) is 5.75 Å². The molecular formula is C34H49N3O7. The van der Waals surface area contributed by atoms with Crippen LogP contribution in [-0.2, 0) is 33.8 Å². The first-order valence-corrected chi connectivity index (χ1v) is 15.4. The lowest BCUT2D eigenvalue weighted by Gasteiger charge is -2.50. The van der Waals surface area contributed by atoms with Gasteiger partial charge in [0.25, 0.3) is 5.91 Å². The first-order chi connectivity index (χ1) is 20.2. The van der Waals surface area contributed by atoms with Gasteiger partial charge in [0.05, 0.1) is 11.6 Å². The summed E-state index contributed by atoms with van der Waals surface area (Å²) in [5.74, 6) is -6.36. The number of aromatic hydroxyl groups is 1. The van der Waals surface area contributed by atoms with Gasteiger partial charge < -0.3 is 31.5 Å². The number of amides is 1. The van der Waals surface area contributed by atoms with Gasteiger partial charge >= 0.3 is 0 Å². The van der Waals surface area contributed by atoms with Crippen molar-refractivity contribution in [3.63, 3.8) is 0 Å². The van der Waals surface area contributed by atoms with Crippen LogP contribution in [0.15, 0.2) is 23.0 Å². The summed E-state index contributed by atoms with van der Waals surface area (Å²) in [5.41, 5.74) is 4.36. The van der Waals surface area contributed by atoms with Crippen LogP contribution in [0.4, 0.5) is 0 Å². The molecule has 0 aliphatic heterocycles. The number of aliphatic hydroxyl groups excluding tert-OH is 2. The largest absolute Gasteiger partial charge is 0.508 e. The Labute approximate surface area is 260 Å². The number of carbonyl (C=O) groups excluding carboxylic acids is 3. The Morgan fingerprint density at radius 1 is 1.07 bits per heavy atom. The molecule has 0 unspecified atom stereocenters. The third-order valence-corrected chi connectivity index (χ3v) is 9.24. The zero-order valence-electron chi connectivity index (χ0n) is 27.3. The van der Waals surface area contributed by atoms with Crippen molar-refractivity contribution in [1.82, 2.24) is 10.2 Å². The third-order valence-electron chi connectivity index (χ3n) is 9.24. The second kappa shape index (κ2) is 11.6. The molecule has 0 bridgehead atoms. The summed E-state index contributed by atoms with van der Waals surface area (Å²) in [5, 5.41) is 49.8. The molecule has 1 aromatic carbocycles. The van der Waals surface area contributed by atoms with Crippen LogP contribution < -0.4 is 11.1 Å². The predicted molar refractivity (Wildman–Crippen MR) is 168 cm³/mol. The third kappa shape index (κ3) is 5.91. The summed E-state index contributed by atoms with van der Waals surface area (Å²) in [6, 6.07) is 0.866. The Morgan fingerprint density at radius 3 is 2.25 bits per heavy atom. The number of hydrogen-bond acceptors (Lipinski definition) is 9. The molecule has 3 aliphatic rings.